The Hall–Kier alpha value is -4.01. The highest BCUT2D eigenvalue weighted by atomic mass is 16.7. The Balaban J connectivity index is 1.50. The lowest BCUT2D eigenvalue weighted by Crippen LogP contribution is -2.53. The highest BCUT2D eigenvalue weighted by Crippen LogP contribution is 2.28. The molecule has 3 aromatic rings. The van der Waals surface area contributed by atoms with Crippen LogP contribution in [0.3, 0.4) is 0 Å². The zero-order valence-corrected chi connectivity index (χ0v) is 19.6. The molecule has 4 rings (SSSR count). The van der Waals surface area contributed by atoms with Gasteiger partial charge in [-0.25, -0.2) is 14.4 Å². The van der Waals surface area contributed by atoms with E-state index in [0.717, 1.165) is 0 Å². The number of benzene rings is 3. The fourth-order valence-corrected chi connectivity index (χ4v) is 3.81. The summed E-state index contributed by atoms with van der Waals surface area (Å²) in [5.74, 6) is -1.71. The molecular formula is C28H26O8. The van der Waals surface area contributed by atoms with Gasteiger partial charge in [-0.3, -0.25) is 0 Å². The maximum absolute atomic E-state index is 12.8. The maximum Gasteiger partial charge on any atom is 0.338 e. The van der Waals surface area contributed by atoms with Gasteiger partial charge in [0.2, 0.25) is 0 Å². The molecule has 186 valence electrons. The minimum Gasteiger partial charge on any atom is -0.459 e. The van der Waals surface area contributed by atoms with E-state index in [0.29, 0.717) is 16.7 Å². The third kappa shape index (κ3) is 6.35. The van der Waals surface area contributed by atoms with E-state index in [1.807, 2.05) is 0 Å². The second-order valence-corrected chi connectivity index (χ2v) is 8.11. The van der Waals surface area contributed by atoms with Gasteiger partial charge < -0.3 is 23.7 Å². The molecule has 0 spiro atoms. The number of rotatable bonds is 8. The largest absolute Gasteiger partial charge is 0.459 e. The van der Waals surface area contributed by atoms with Crippen molar-refractivity contribution in [2.45, 2.75) is 31.0 Å². The SMILES string of the molecule is CO[C@H]1OC(COC(=O)c2ccccc2)C[C@H](OC(=O)c2ccccc2)[C@@H]1OC(=O)c1ccccc1. The predicted octanol–water partition coefficient (Wildman–Crippen LogP) is 4.06. The minimum absolute atomic E-state index is 0.105. The van der Waals surface area contributed by atoms with Crippen molar-refractivity contribution < 1.29 is 38.1 Å². The van der Waals surface area contributed by atoms with Crippen molar-refractivity contribution in [3.8, 4) is 0 Å². The monoisotopic (exact) mass is 490 g/mol. The maximum atomic E-state index is 12.8. The summed E-state index contributed by atoms with van der Waals surface area (Å²) in [5.41, 5.74) is 1.08. The number of carbonyl (C=O) groups excluding carboxylic acids is 3. The van der Waals surface area contributed by atoms with Crippen molar-refractivity contribution in [3.63, 3.8) is 0 Å². The number of hydrogen-bond donors (Lipinski definition) is 0. The van der Waals surface area contributed by atoms with Crippen molar-refractivity contribution in [1.29, 1.82) is 0 Å². The van der Waals surface area contributed by atoms with E-state index in [9.17, 15) is 14.4 Å². The molecule has 0 aromatic heterocycles. The van der Waals surface area contributed by atoms with Crippen LogP contribution >= 0.6 is 0 Å². The van der Waals surface area contributed by atoms with Crippen molar-refractivity contribution in [2.24, 2.45) is 0 Å². The van der Waals surface area contributed by atoms with E-state index in [4.69, 9.17) is 23.7 Å². The molecule has 0 radical (unpaired) electrons. The number of carbonyl (C=O) groups is 3. The molecule has 1 fully saturated rings. The van der Waals surface area contributed by atoms with Gasteiger partial charge >= 0.3 is 17.9 Å². The zero-order chi connectivity index (χ0) is 25.3. The van der Waals surface area contributed by atoms with E-state index in [2.05, 4.69) is 0 Å². The van der Waals surface area contributed by atoms with Crippen LogP contribution in [0.5, 0.6) is 0 Å². The normalized spacial score (nSPS) is 21.2. The summed E-state index contributed by atoms with van der Waals surface area (Å²) >= 11 is 0. The van der Waals surface area contributed by atoms with E-state index in [-0.39, 0.29) is 13.0 Å². The first-order valence-electron chi connectivity index (χ1n) is 11.5. The number of ether oxygens (including phenoxy) is 5. The summed E-state index contributed by atoms with van der Waals surface area (Å²) < 4.78 is 28.2. The first-order valence-corrected chi connectivity index (χ1v) is 11.5. The van der Waals surface area contributed by atoms with Gasteiger partial charge in [-0.2, -0.15) is 0 Å². The lowest BCUT2D eigenvalue weighted by Gasteiger charge is -2.39. The average Bonchev–Trinajstić information content (AvgIpc) is 2.94. The van der Waals surface area contributed by atoms with Crippen LogP contribution in [0.25, 0.3) is 0 Å². The van der Waals surface area contributed by atoms with Crippen LogP contribution in [0.15, 0.2) is 91.0 Å². The Morgan fingerprint density at radius 2 is 1.19 bits per heavy atom. The first-order chi connectivity index (χ1) is 17.5. The van der Waals surface area contributed by atoms with Gasteiger partial charge in [0.1, 0.15) is 12.7 Å². The molecule has 3 aromatic carbocycles. The number of esters is 3. The van der Waals surface area contributed by atoms with Crippen LogP contribution < -0.4 is 0 Å². The van der Waals surface area contributed by atoms with Crippen molar-refractivity contribution in [1.82, 2.24) is 0 Å². The zero-order valence-electron chi connectivity index (χ0n) is 19.6. The van der Waals surface area contributed by atoms with Crippen LogP contribution in [0.1, 0.15) is 37.5 Å². The fourth-order valence-electron chi connectivity index (χ4n) is 3.81. The highest BCUT2D eigenvalue weighted by molar-refractivity contribution is 5.90. The molecular weight excluding hydrogens is 464 g/mol. The Labute approximate surface area is 208 Å². The van der Waals surface area contributed by atoms with Crippen molar-refractivity contribution in [2.75, 3.05) is 13.7 Å². The summed E-state index contributed by atoms with van der Waals surface area (Å²) in [5, 5.41) is 0. The van der Waals surface area contributed by atoms with Crippen LogP contribution in [-0.2, 0) is 23.7 Å². The van der Waals surface area contributed by atoms with Gasteiger partial charge in [-0.1, -0.05) is 54.6 Å². The smallest absolute Gasteiger partial charge is 0.338 e. The molecule has 1 aliphatic rings. The second kappa shape index (κ2) is 12.1. The Morgan fingerprint density at radius 1 is 0.722 bits per heavy atom. The summed E-state index contributed by atoms with van der Waals surface area (Å²) in [6.07, 6.45) is -3.56. The molecule has 36 heavy (non-hydrogen) atoms. The summed E-state index contributed by atoms with van der Waals surface area (Å²) in [4.78, 5) is 38.0. The van der Waals surface area contributed by atoms with E-state index in [1.165, 1.54) is 7.11 Å². The third-order valence-corrected chi connectivity index (χ3v) is 5.62. The topological polar surface area (TPSA) is 97.4 Å². The van der Waals surface area contributed by atoms with E-state index in [1.54, 1.807) is 91.0 Å². The second-order valence-electron chi connectivity index (χ2n) is 8.11. The predicted molar refractivity (Wildman–Crippen MR) is 128 cm³/mol. The molecule has 0 N–H and O–H groups in total. The summed E-state index contributed by atoms with van der Waals surface area (Å²) in [6.45, 7) is -0.105. The highest BCUT2D eigenvalue weighted by Gasteiger charge is 2.44. The standard InChI is InChI=1S/C28H26O8/c1-32-28-24(36-27(31)21-15-9-4-10-16-21)23(35-26(30)20-13-7-3-8-14-20)17-22(34-28)18-33-25(29)19-11-5-2-6-12-19/h2-16,22-24,28H,17-18H2,1H3/t22?,23-,24-,28-/m0/s1. The lowest BCUT2D eigenvalue weighted by molar-refractivity contribution is -0.261. The Morgan fingerprint density at radius 3 is 1.69 bits per heavy atom. The Kier molecular flexibility index (Phi) is 8.44. The minimum atomic E-state index is -1.06. The van der Waals surface area contributed by atoms with Crippen LogP contribution in [0.4, 0.5) is 0 Å². The fraction of sp³-hybridized carbons (Fsp3) is 0.250. The number of methoxy groups -OCH3 is 1. The van der Waals surface area contributed by atoms with Gasteiger partial charge in [0.15, 0.2) is 12.4 Å². The Bertz CT molecular complexity index is 1150. The van der Waals surface area contributed by atoms with Crippen molar-refractivity contribution in [3.05, 3.63) is 108 Å². The van der Waals surface area contributed by atoms with Crippen LogP contribution in [0, 0.1) is 0 Å². The van der Waals surface area contributed by atoms with Gasteiger partial charge in [0.25, 0.3) is 0 Å². The molecule has 1 saturated heterocycles. The summed E-state index contributed by atoms with van der Waals surface area (Å²) in [7, 11) is 1.39. The van der Waals surface area contributed by atoms with Gasteiger partial charge in [-0.05, 0) is 36.4 Å². The molecule has 1 heterocycles. The average molecular weight is 491 g/mol. The summed E-state index contributed by atoms with van der Waals surface area (Å²) in [6, 6.07) is 25.5. The molecule has 0 bridgehead atoms. The molecule has 4 atom stereocenters. The van der Waals surface area contributed by atoms with Crippen molar-refractivity contribution >= 4 is 17.9 Å². The van der Waals surface area contributed by atoms with Gasteiger partial charge in [0, 0.05) is 13.5 Å². The van der Waals surface area contributed by atoms with E-state index >= 15 is 0 Å². The molecule has 0 aliphatic carbocycles. The molecule has 8 nitrogen and oxygen atoms in total. The van der Waals surface area contributed by atoms with Crippen LogP contribution in [0.2, 0.25) is 0 Å². The first kappa shape index (κ1) is 25.1. The molecule has 1 aliphatic heterocycles. The number of hydrogen-bond acceptors (Lipinski definition) is 8. The third-order valence-electron chi connectivity index (χ3n) is 5.62. The molecule has 8 heteroatoms. The van der Waals surface area contributed by atoms with Gasteiger partial charge in [0.05, 0.1) is 22.8 Å². The van der Waals surface area contributed by atoms with Gasteiger partial charge in [-0.15, -0.1) is 0 Å². The molecule has 0 saturated carbocycles. The van der Waals surface area contributed by atoms with E-state index < -0.39 is 42.5 Å². The lowest BCUT2D eigenvalue weighted by atomic mass is 10.0. The quantitative estimate of drug-likeness (QED) is 0.345. The van der Waals surface area contributed by atoms with Crippen LogP contribution in [-0.4, -0.2) is 56.2 Å². The molecule has 0 amide bonds. The molecule has 1 unspecified atom stereocenters.